The molecule has 3 aromatic rings. The molecule has 1 aromatic carbocycles. The minimum absolute atomic E-state index is 0.0463. The number of aromatic nitrogens is 4. The first-order chi connectivity index (χ1) is 14.1. The number of aromatic hydroxyl groups is 1. The van der Waals surface area contributed by atoms with Gasteiger partial charge in [-0.25, -0.2) is 4.98 Å². The van der Waals surface area contributed by atoms with Crippen LogP contribution in [0.15, 0.2) is 28.0 Å². The molecule has 9 heteroatoms. The number of benzene rings is 1. The number of imidazole rings is 1. The maximum absolute atomic E-state index is 12.6. The van der Waals surface area contributed by atoms with Crippen LogP contribution in [0.4, 0.5) is 0 Å². The molecule has 9 nitrogen and oxygen atoms in total. The number of phenols is 1. The van der Waals surface area contributed by atoms with E-state index in [1.807, 2.05) is 20.8 Å². The van der Waals surface area contributed by atoms with Crippen molar-refractivity contribution in [2.75, 3.05) is 14.2 Å². The van der Waals surface area contributed by atoms with E-state index in [9.17, 15) is 14.7 Å². The Balaban J connectivity index is 2.14. The minimum Gasteiger partial charge on any atom is -0.502 e. The largest absolute Gasteiger partial charge is 0.502 e. The molecule has 3 rings (SSSR count). The van der Waals surface area contributed by atoms with Crippen molar-refractivity contribution in [2.24, 2.45) is 0 Å². The van der Waals surface area contributed by atoms with Gasteiger partial charge in [-0.2, -0.15) is 0 Å². The number of phenolic OH excluding ortho intramolecular Hbond substituents is 1. The normalized spacial score (nSPS) is 13.0. The fraction of sp³-hybridized carbons (Fsp3) is 0.286. The van der Waals surface area contributed by atoms with Crippen LogP contribution >= 0.6 is 0 Å². The van der Waals surface area contributed by atoms with Gasteiger partial charge in [-0.15, -0.1) is 0 Å². The van der Waals surface area contributed by atoms with Crippen LogP contribution in [0.2, 0.25) is 0 Å². The van der Waals surface area contributed by atoms with Gasteiger partial charge in [0.1, 0.15) is 10.7 Å². The molecule has 0 aliphatic carbocycles. The number of hydrogen-bond donors (Lipinski definition) is 4. The average molecular weight is 412 g/mol. The highest BCUT2D eigenvalue weighted by atomic mass is 16.5. The van der Waals surface area contributed by atoms with E-state index < -0.39 is 11.1 Å². The van der Waals surface area contributed by atoms with Crippen molar-refractivity contribution in [1.82, 2.24) is 19.9 Å². The summed E-state index contributed by atoms with van der Waals surface area (Å²) >= 11 is 0. The molecule has 0 bridgehead atoms. The van der Waals surface area contributed by atoms with Gasteiger partial charge >= 0.3 is 0 Å². The fourth-order valence-corrected chi connectivity index (χ4v) is 3.01. The zero-order valence-corrected chi connectivity index (χ0v) is 17.4. The summed E-state index contributed by atoms with van der Waals surface area (Å²) in [5.41, 5.74) is 0.762. The predicted octanol–water partition coefficient (Wildman–Crippen LogP) is 0.464. The minimum atomic E-state index is -0.486. The molecule has 30 heavy (non-hydrogen) atoms. The molecular weight excluding hydrogens is 388 g/mol. The van der Waals surface area contributed by atoms with Crippen molar-refractivity contribution in [2.45, 2.75) is 26.2 Å². The molecule has 0 aliphatic heterocycles. The SMILES string of the molecule is COc1cc(/C=c2\[nH]c(=O)/c(=C/c3nc[nH]c3C(C)(C)C)[nH]c2=O)cc(OC)c1O. The van der Waals surface area contributed by atoms with Gasteiger partial charge in [-0.1, -0.05) is 20.8 Å². The van der Waals surface area contributed by atoms with Gasteiger partial charge in [-0.05, 0) is 29.8 Å². The Morgan fingerprint density at radius 1 is 0.967 bits per heavy atom. The van der Waals surface area contributed by atoms with Gasteiger partial charge in [0.25, 0.3) is 11.1 Å². The van der Waals surface area contributed by atoms with Crippen molar-refractivity contribution in [3.63, 3.8) is 0 Å². The number of rotatable bonds is 4. The average Bonchev–Trinajstić information content (AvgIpc) is 3.15. The highest BCUT2D eigenvalue weighted by Crippen LogP contribution is 2.37. The first-order valence-corrected chi connectivity index (χ1v) is 9.19. The van der Waals surface area contributed by atoms with Crippen molar-refractivity contribution in [3.8, 4) is 17.2 Å². The van der Waals surface area contributed by atoms with Crippen molar-refractivity contribution in [3.05, 3.63) is 66.8 Å². The molecule has 0 unspecified atom stereocenters. The van der Waals surface area contributed by atoms with Crippen molar-refractivity contribution >= 4 is 12.2 Å². The zero-order chi connectivity index (χ0) is 22.1. The van der Waals surface area contributed by atoms with Crippen LogP contribution in [0.5, 0.6) is 17.2 Å². The van der Waals surface area contributed by atoms with Gasteiger partial charge in [0.2, 0.25) is 5.75 Å². The first-order valence-electron chi connectivity index (χ1n) is 9.19. The van der Waals surface area contributed by atoms with Gasteiger partial charge in [-0.3, -0.25) is 9.59 Å². The van der Waals surface area contributed by atoms with Crippen LogP contribution in [0.1, 0.15) is 37.7 Å². The monoisotopic (exact) mass is 412 g/mol. The Kier molecular flexibility index (Phi) is 5.55. The second kappa shape index (κ2) is 7.94. The van der Waals surface area contributed by atoms with E-state index in [-0.39, 0.29) is 33.4 Å². The lowest BCUT2D eigenvalue weighted by atomic mass is 9.90. The lowest BCUT2D eigenvalue weighted by molar-refractivity contribution is 0.340. The summed E-state index contributed by atoms with van der Waals surface area (Å²) in [6, 6.07) is 3.05. The summed E-state index contributed by atoms with van der Waals surface area (Å²) in [4.78, 5) is 37.6. The van der Waals surface area contributed by atoms with Crippen LogP contribution in [-0.2, 0) is 5.41 Å². The molecule has 4 N–H and O–H groups in total. The standard InChI is InChI=1S/C21H24N4O5/c1-21(2,3)18-12(22-10-23-18)9-14-20(28)24-13(19(27)25-14)6-11-7-15(29-4)17(26)16(8-11)30-5/h6-10,26H,1-5H3,(H,22,23)(H,24,28)(H,25,27)/b13-6-,14-9-. The van der Waals surface area contributed by atoms with Gasteiger partial charge in [0.15, 0.2) is 11.5 Å². The van der Waals surface area contributed by atoms with Crippen molar-refractivity contribution < 1.29 is 14.6 Å². The Hall–Kier alpha value is -3.75. The third-order valence-electron chi connectivity index (χ3n) is 4.50. The van der Waals surface area contributed by atoms with Gasteiger partial charge < -0.3 is 29.5 Å². The molecular formula is C21H24N4O5. The van der Waals surface area contributed by atoms with E-state index in [0.29, 0.717) is 11.3 Å². The Bertz CT molecular complexity index is 1280. The van der Waals surface area contributed by atoms with E-state index in [2.05, 4.69) is 19.9 Å². The third-order valence-corrected chi connectivity index (χ3v) is 4.50. The summed E-state index contributed by atoms with van der Waals surface area (Å²) in [6.07, 6.45) is 4.55. The quantitative estimate of drug-likeness (QED) is 0.492. The third kappa shape index (κ3) is 4.14. The molecule has 0 saturated carbocycles. The van der Waals surface area contributed by atoms with E-state index >= 15 is 0 Å². The molecule has 0 spiro atoms. The lowest BCUT2D eigenvalue weighted by Crippen LogP contribution is -2.46. The first kappa shape index (κ1) is 21.0. The number of H-pyrrole nitrogens is 3. The van der Waals surface area contributed by atoms with Crippen LogP contribution in [0.3, 0.4) is 0 Å². The highest BCUT2D eigenvalue weighted by Gasteiger charge is 2.19. The van der Waals surface area contributed by atoms with Crippen LogP contribution in [-0.4, -0.2) is 39.3 Å². The van der Waals surface area contributed by atoms with E-state index in [0.717, 1.165) is 5.69 Å². The number of ether oxygens (including phenoxy) is 2. The smallest absolute Gasteiger partial charge is 0.272 e. The summed E-state index contributed by atoms with van der Waals surface area (Å²) in [5.74, 6) is 0.202. The number of nitrogens with one attached hydrogen (secondary N) is 3. The van der Waals surface area contributed by atoms with Crippen LogP contribution < -0.4 is 31.3 Å². The molecule has 0 radical (unpaired) electrons. The topological polar surface area (TPSA) is 133 Å². The fourth-order valence-electron chi connectivity index (χ4n) is 3.01. The second-order valence-corrected chi connectivity index (χ2v) is 7.71. The maximum Gasteiger partial charge on any atom is 0.272 e. The molecule has 0 saturated heterocycles. The van der Waals surface area contributed by atoms with Gasteiger partial charge in [0.05, 0.1) is 26.2 Å². The predicted molar refractivity (Wildman–Crippen MR) is 113 cm³/mol. The molecule has 2 heterocycles. The summed E-state index contributed by atoms with van der Waals surface area (Å²) in [6.45, 7) is 6.05. The highest BCUT2D eigenvalue weighted by molar-refractivity contribution is 5.61. The summed E-state index contributed by atoms with van der Waals surface area (Å²) in [5, 5.41) is 10.2. The number of methoxy groups -OCH3 is 2. The lowest BCUT2D eigenvalue weighted by Gasteiger charge is -2.16. The number of nitrogens with zero attached hydrogens (tertiary/aromatic N) is 1. The molecule has 0 atom stereocenters. The molecule has 2 aromatic heterocycles. The summed E-state index contributed by atoms with van der Waals surface area (Å²) < 4.78 is 10.2. The molecule has 0 amide bonds. The van der Waals surface area contributed by atoms with E-state index in [1.165, 1.54) is 38.5 Å². The number of aromatic amines is 3. The number of hydrogen-bond acceptors (Lipinski definition) is 6. The second-order valence-electron chi connectivity index (χ2n) is 7.71. The van der Waals surface area contributed by atoms with Crippen LogP contribution in [0, 0.1) is 0 Å². The maximum atomic E-state index is 12.6. The molecule has 0 aliphatic rings. The Morgan fingerprint density at radius 3 is 2.00 bits per heavy atom. The summed E-state index contributed by atoms with van der Waals surface area (Å²) in [7, 11) is 2.80. The van der Waals surface area contributed by atoms with Crippen molar-refractivity contribution in [1.29, 1.82) is 0 Å². The van der Waals surface area contributed by atoms with E-state index in [4.69, 9.17) is 9.47 Å². The molecule has 0 fully saturated rings. The molecule has 158 valence electrons. The van der Waals surface area contributed by atoms with Gasteiger partial charge in [0, 0.05) is 11.1 Å². The Labute approximate surface area is 171 Å². The zero-order valence-electron chi connectivity index (χ0n) is 17.4. The van der Waals surface area contributed by atoms with E-state index in [1.54, 1.807) is 6.33 Å². The van der Waals surface area contributed by atoms with Crippen LogP contribution in [0.25, 0.3) is 12.2 Å². The Morgan fingerprint density at radius 2 is 1.50 bits per heavy atom.